The van der Waals surface area contributed by atoms with Gasteiger partial charge in [-0.25, -0.2) is 0 Å². The van der Waals surface area contributed by atoms with Gasteiger partial charge in [0.2, 0.25) is 0 Å². The largest absolute Gasteiger partial charge is 0.489 e. The van der Waals surface area contributed by atoms with Crippen LogP contribution in [0, 0.1) is 5.92 Å². The summed E-state index contributed by atoms with van der Waals surface area (Å²) in [4.78, 5) is 11.3. The van der Waals surface area contributed by atoms with E-state index in [9.17, 15) is 18.0 Å². The van der Waals surface area contributed by atoms with Crippen molar-refractivity contribution < 1.29 is 27.4 Å². The lowest BCUT2D eigenvalue weighted by molar-refractivity contribution is -0.138. The Labute approximate surface area is 197 Å². The number of hydrogen-bond donors (Lipinski definition) is 0. The lowest BCUT2D eigenvalue weighted by Crippen LogP contribution is -2.17. The van der Waals surface area contributed by atoms with E-state index < -0.39 is 11.7 Å². The average Bonchev–Trinajstić information content (AvgIpc) is 3.50. The van der Waals surface area contributed by atoms with Crippen molar-refractivity contribution in [2.45, 2.75) is 57.9 Å². The number of halogens is 3. The van der Waals surface area contributed by atoms with Crippen LogP contribution in [-0.4, -0.2) is 24.1 Å². The molecule has 2 aromatic carbocycles. The molecular weight excluding hydrogens is 443 g/mol. The normalized spacial score (nSPS) is 15.6. The molecule has 7 heteroatoms. The van der Waals surface area contributed by atoms with E-state index in [0.29, 0.717) is 36.6 Å². The van der Waals surface area contributed by atoms with Gasteiger partial charge in [0.15, 0.2) is 0 Å². The molecule has 182 valence electrons. The summed E-state index contributed by atoms with van der Waals surface area (Å²) in [6.07, 6.45) is 2.05. The molecular formula is C27H30F3NO3. The van der Waals surface area contributed by atoms with E-state index in [1.54, 1.807) is 18.2 Å². The lowest BCUT2D eigenvalue weighted by Gasteiger charge is -2.19. The molecule has 1 fully saturated rings. The number of ether oxygens (including phenoxy) is 2. The van der Waals surface area contributed by atoms with Crippen LogP contribution in [0.5, 0.6) is 5.75 Å². The zero-order chi connectivity index (χ0) is 24.1. The molecule has 1 aliphatic carbocycles. The molecule has 4 rings (SSSR count). The molecule has 0 amide bonds. The number of nitrogens with zero attached hydrogens (tertiary/aromatic N) is 1. The number of alkyl halides is 3. The number of carbonyl (C=O) groups excluding carboxylic acids is 1. The number of benzene rings is 2. The molecule has 1 aromatic heterocycles. The van der Waals surface area contributed by atoms with Gasteiger partial charge >= 0.3 is 6.18 Å². The number of hydrogen-bond acceptors (Lipinski definition) is 3. The summed E-state index contributed by atoms with van der Waals surface area (Å²) in [5, 5.41) is 0.936. The van der Waals surface area contributed by atoms with Crippen LogP contribution in [0.1, 0.15) is 55.2 Å². The Hall–Kier alpha value is -2.80. The van der Waals surface area contributed by atoms with Gasteiger partial charge in [-0.3, -0.25) is 0 Å². The Morgan fingerprint density at radius 3 is 2.62 bits per heavy atom. The number of carbonyl (C=O) groups is 1. The van der Waals surface area contributed by atoms with Gasteiger partial charge in [-0.2, -0.15) is 13.2 Å². The van der Waals surface area contributed by atoms with E-state index in [-0.39, 0.29) is 18.4 Å². The van der Waals surface area contributed by atoms with Crippen molar-refractivity contribution in [1.29, 1.82) is 0 Å². The summed E-state index contributed by atoms with van der Waals surface area (Å²) < 4.78 is 54.4. The number of aromatic nitrogens is 1. The van der Waals surface area contributed by atoms with Gasteiger partial charge in [-0.1, -0.05) is 25.0 Å². The van der Waals surface area contributed by atoms with Crippen LogP contribution in [-0.2, 0) is 28.9 Å². The van der Waals surface area contributed by atoms with E-state index in [1.807, 2.05) is 35.9 Å². The van der Waals surface area contributed by atoms with Gasteiger partial charge in [-0.15, -0.1) is 0 Å². The second-order valence-corrected chi connectivity index (χ2v) is 8.93. The van der Waals surface area contributed by atoms with Gasteiger partial charge < -0.3 is 18.8 Å². The van der Waals surface area contributed by atoms with Crippen molar-refractivity contribution in [3.8, 4) is 5.75 Å². The molecule has 3 aromatic rings. The number of rotatable bonds is 10. The fourth-order valence-corrected chi connectivity index (χ4v) is 4.78. The quantitative estimate of drug-likeness (QED) is 0.306. The smallest absolute Gasteiger partial charge is 0.416 e. The Balaban J connectivity index is 1.46. The second kappa shape index (κ2) is 10.6. The first-order valence-corrected chi connectivity index (χ1v) is 11.8. The lowest BCUT2D eigenvalue weighted by atomic mass is 9.91. The van der Waals surface area contributed by atoms with E-state index in [2.05, 4.69) is 0 Å². The van der Waals surface area contributed by atoms with Crippen molar-refractivity contribution in [2.24, 2.45) is 5.92 Å². The summed E-state index contributed by atoms with van der Waals surface area (Å²) in [5.41, 5.74) is 1.33. The first-order chi connectivity index (χ1) is 16.4. The SMILES string of the molecule is CCOCC(C=O)Cn1ccc2cc(OCc3ccc(C4CCCC4)c(C(F)(F)F)c3)ccc21. The second-order valence-electron chi connectivity index (χ2n) is 8.93. The Kier molecular flexibility index (Phi) is 7.61. The van der Waals surface area contributed by atoms with E-state index in [4.69, 9.17) is 9.47 Å². The van der Waals surface area contributed by atoms with Crippen LogP contribution in [0.2, 0.25) is 0 Å². The molecule has 0 aliphatic heterocycles. The highest BCUT2D eigenvalue weighted by Gasteiger charge is 2.36. The third kappa shape index (κ3) is 5.63. The van der Waals surface area contributed by atoms with E-state index >= 15 is 0 Å². The van der Waals surface area contributed by atoms with Crippen LogP contribution in [0.15, 0.2) is 48.7 Å². The summed E-state index contributed by atoms with van der Waals surface area (Å²) in [6.45, 7) is 3.40. The van der Waals surface area contributed by atoms with Gasteiger partial charge in [-0.05, 0) is 67.1 Å². The summed E-state index contributed by atoms with van der Waals surface area (Å²) in [5.74, 6) is 0.340. The Bertz CT molecular complexity index is 1120. The van der Waals surface area contributed by atoms with Gasteiger partial charge in [0.1, 0.15) is 18.6 Å². The van der Waals surface area contributed by atoms with Crippen molar-refractivity contribution in [1.82, 2.24) is 4.57 Å². The highest BCUT2D eigenvalue weighted by atomic mass is 19.4. The van der Waals surface area contributed by atoms with Crippen molar-refractivity contribution in [3.63, 3.8) is 0 Å². The molecule has 0 bridgehead atoms. The summed E-state index contributed by atoms with van der Waals surface area (Å²) in [6, 6.07) is 12.1. The maximum atomic E-state index is 13.7. The molecule has 1 aliphatic rings. The zero-order valence-corrected chi connectivity index (χ0v) is 19.3. The van der Waals surface area contributed by atoms with Crippen LogP contribution in [0.25, 0.3) is 10.9 Å². The van der Waals surface area contributed by atoms with Crippen LogP contribution in [0.4, 0.5) is 13.2 Å². The highest BCUT2D eigenvalue weighted by Crippen LogP contribution is 2.42. The maximum Gasteiger partial charge on any atom is 0.416 e. The van der Waals surface area contributed by atoms with Crippen LogP contribution in [0.3, 0.4) is 0 Å². The fraction of sp³-hybridized carbons (Fsp3) is 0.444. The van der Waals surface area contributed by atoms with Crippen molar-refractivity contribution in [2.75, 3.05) is 13.2 Å². The fourth-order valence-electron chi connectivity index (χ4n) is 4.78. The van der Waals surface area contributed by atoms with Crippen LogP contribution < -0.4 is 4.74 Å². The Morgan fingerprint density at radius 1 is 1.12 bits per heavy atom. The molecule has 1 heterocycles. The molecule has 1 saturated carbocycles. The van der Waals surface area contributed by atoms with E-state index in [0.717, 1.165) is 42.9 Å². The molecule has 1 atom stereocenters. The third-order valence-electron chi connectivity index (χ3n) is 6.53. The average molecular weight is 474 g/mol. The molecule has 0 saturated heterocycles. The predicted molar refractivity (Wildman–Crippen MR) is 125 cm³/mol. The minimum Gasteiger partial charge on any atom is -0.489 e. The molecule has 34 heavy (non-hydrogen) atoms. The van der Waals surface area contributed by atoms with Gasteiger partial charge in [0.05, 0.1) is 18.1 Å². The van der Waals surface area contributed by atoms with E-state index in [1.165, 1.54) is 6.07 Å². The predicted octanol–water partition coefficient (Wildman–Crippen LogP) is 6.75. The molecule has 4 nitrogen and oxygen atoms in total. The first kappa shape index (κ1) is 24.3. The monoisotopic (exact) mass is 473 g/mol. The zero-order valence-electron chi connectivity index (χ0n) is 19.3. The molecule has 1 unspecified atom stereocenters. The standard InChI is InChI=1S/C27H30F3NO3/c1-2-33-17-20(16-32)15-31-12-11-22-14-23(8-10-26(22)31)34-18-19-7-9-24(21-5-3-4-6-21)25(13-19)27(28,29)30/h7-14,16,20-21H,2-6,15,17-18H2,1H3. The number of aldehydes is 1. The molecule has 0 N–H and O–H groups in total. The molecule has 0 spiro atoms. The minimum absolute atomic E-state index is 0.00890. The van der Waals surface area contributed by atoms with Crippen molar-refractivity contribution >= 4 is 17.2 Å². The van der Waals surface area contributed by atoms with Crippen molar-refractivity contribution in [3.05, 3.63) is 65.4 Å². The first-order valence-electron chi connectivity index (χ1n) is 11.8. The summed E-state index contributed by atoms with van der Waals surface area (Å²) in [7, 11) is 0. The molecule has 0 radical (unpaired) electrons. The summed E-state index contributed by atoms with van der Waals surface area (Å²) >= 11 is 0. The van der Waals surface area contributed by atoms with Crippen LogP contribution >= 0.6 is 0 Å². The topological polar surface area (TPSA) is 40.5 Å². The Morgan fingerprint density at radius 2 is 1.91 bits per heavy atom. The minimum atomic E-state index is -4.38. The number of fused-ring (bicyclic) bond motifs is 1. The van der Waals surface area contributed by atoms with Gasteiger partial charge in [0.25, 0.3) is 0 Å². The maximum absolute atomic E-state index is 13.7. The van der Waals surface area contributed by atoms with Gasteiger partial charge in [0, 0.05) is 30.3 Å². The highest BCUT2D eigenvalue weighted by molar-refractivity contribution is 5.81. The third-order valence-corrected chi connectivity index (χ3v) is 6.53.